The number of nitrogens with one attached hydrogen (secondary N) is 2. The van der Waals surface area contributed by atoms with Crippen LogP contribution in [0.15, 0.2) is 77.6 Å². The van der Waals surface area contributed by atoms with Gasteiger partial charge in [-0.05, 0) is 42.8 Å². The number of carbonyl (C=O) groups excluding carboxylic acids is 2. The minimum atomic E-state index is -0.511. The molecule has 7 heteroatoms. The van der Waals surface area contributed by atoms with Gasteiger partial charge < -0.3 is 10.6 Å². The number of benzene rings is 3. The average Bonchev–Trinajstić information content (AvgIpc) is 2.76. The monoisotopic (exact) mass is 412 g/mol. The second-order valence-electron chi connectivity index (χ2n) is 7.15. The summed E-state index contributed by atoms with van der Waals surface area (Å²) < 4.78 is 1.13. The summed E-state index contributed by atoms with van der Waals surface area (Å²) in [4.78, 5) is 38.2. The van der Waals surface area contributed by atoms with Gasteiger partial charge in [0.2, 0.25) is 0 Å². The lowest BCUT2D eigenvalue weighted by Crippen LogP contribution is -2.26. The van der Waals surface area contributed by atoms with Crippen LogP contribution in [0, 0.1) is 6.92 Å². The van der Waals surface area contributed by atoms with E-state index in [0.29, 0.717) is 27.7 Å². The second-order valence-corrected chi connectivity index (χ2v) is 7.15. The molecule has 0 fully saturated rings. The van der Waals surface area contributed by atoms with E-state index in [-0.39, 0.29) is 17.2 Å². The van der Waals surface area contributed by atoms with E-state index in [1.54, 1.807) is 54.6 Å². The highest BCUT2D eigenvalue weighted by Crippen LogP contribution is 2.20. The summed E-state index contributed by atoms with van der Waals surface area (Å²) in [7, 11) is 1.49. The normalized spacial score (nSPS) is 10.6. The van der Waals surface area contributed by atoms with Gasteiger partial charge in [-0.1, -0.05) is 42.5 Å². The number of aromatic nitrogens is 2. The molecule has 0 saturated carbocycles. The number of anilines is 2. The zero-order chi connectivity index (χ0) is 22.0. The largest absolute Gasteiger partial charge is 0.322 e. The van der Waals surface area contributed by atoms with Crippen molar-refractivity contribution in [2.75, 3.05) is 10.6 Å². The summed E-state index contributed by atoms with van der Waals surface area (Å²) in [6, 6.07) is 21.0. The summed E-state index contributed by atoms with van der Waals surface area (Å²) in [6.07, 6.45) is 0. The standard InChI is InChI=1S/C24H20N4O3/c1-15-8-7-9-16(14-15)25-22(29)19-12-5-6-13-20(19)26-23(30)21-17-10-3-4-11-18(17)24(31)28(2)27-21/h3-14H,1-2H3,(H,25,29)(H,26,30). The van der Waals surface area contributed by atoms with Crippen molar-refractivity contribution in [2.45, 2.75) is 6.92 Å². The lowest BCUT2D eigenvalue weighted by Gasteiger charge is -2.13. The maximum atomic E-state index is 13.0. The molecular weight excluding hydrogens is 392 g/mol. The maximum absolute atomic E-state index is 13.0. The average molecular weight is 412 g/mol. The first-order valence-electron chi connectivity index (χ1n) is 9.68. The van der Waals surface area contributed by atoms with Crippen LogP contribution in [0.4, 0.5) is 11.4 Å². The van der Waals surface area contributed by atoms with Gasteiger partial charge in [0.1, 0.15) is 0 Å². The number of amides is 2. The van der Waals surface area contributed by atoms with E-state index >= 15 is 0 Å². The van der Waals surface area contributed by atoms with Crippen molar-refractivity contribution in [3.63, 3.8) is 0 Å². The van der Waals surface area contributed by atoms with Crippen LogP contribution in [0.1, 0.15) is 26.4 Å². The van der Waals surface area contributed by atoms with Crippen LogP contribution < -0.4 is 16.2 Å². The van der Waals surface area contributed by atoms with E-state index in [2.05, 4.69) is 15.7 Å². The number of carbonyl (C=O) groups is 2. The SMILES string of the molecule is Cc1cccc(NC(=O)c2ccccc2NC(=O)c2nn(C)c(=O)c3ccccc23)c1. The van der Waals surface area contributed by atoms with Gasteiger partial charge in [0, 0.05) is 18.1 Å². The van der Waals surface area contributed by atoms with Crippen molar-refractivity contribution in [3.8, 4) is 0 Å². The van der Waals surface area contributed by atoms with Crippen molar-refractivity contribution < 1.29 is 9.59 Å². The lowest BCUT2D eigenvalue weighted by molar-refractivity contribution is 0.102. The molecule has 2 N–H and O–H groups in total. The Morgan fingerprint density at radius 1 is 0.839 bits per heavy atom. The third-order valence-electron chi connectivity index (χ3n) is 4.87. The van der Waals surface area contributed by atoms with E-state index in [0.717, 1.165) is 10.2 Å². The number of hydrogen-bond donors (Lipinski definition) is 2. The van der Waals surface area contributed by atoms with E-state index in [4.69, 9.17) is 0 Å². The molecule has 1 heterocycles. The zero-order valence-electron chi connectivity index (χ0n) is 17.0. The quantitative estimate of drug-likeness (QED) is 0.534. The number of hydrogen-bond acceptors (Lipinski definition) is 4. The molecule has 0 aliphatic carbocycles. The molecule has 0 spiro atoms. The van der Waals surface area contributed by atoms with Crippen molar-refractivity contribution in [1.82, 2.24) is 9.78 Å². The summed E-state index contributed by atoms with van der Waals surface area (Å²) in [6.45, 7) is 1.94. The molecule has 31 heavy (non-hydrogen) atoms. The van der Waals surface area contributed by atoms with Gasteiger partial charge in [-0.15, -0.1) is 0 Å². The molecule has 3 aromatic carbocycles. The summed E-state index contributed by atoms with van der Waals surface area (Å²) in [5.41, 5.74) is 2.16. The van der Waals surface area contributed by atoms with E-state index in [9.17, 15) is 14.4 Å². The molecule has 2 amide bonds. The van der Waals surface area contributed by atoms with Crippen LogP contribution in [0.2, 0.25) is 0 Å². The predicted octanol–water partition coefficient (Wildman–Crippen LogP) is 3.75. The van der Waals surface area contributed by atoms with Crippen molar-refractivity contribution >= 4 is 34.0 Å². The van der Waals surface area contributed by atoms with Gasteiger partial charge in [0.05, 0.1) is 16.6 Å². The Balaban J connectivity index is 1.66. The Kier molecular flexibility index (Phi) is 5.32. The first-order chi connectivity index (χ1) is 14.9. The molecule has 0 unspecified atom stereocenters. The van der Waals surface area contributed by atoms with Gasteiger partial charge in [-0.25, -0.2) is 4.68 Å². The molecule has 4 rings (SSSR count). The lowest BCUT2D eigenvalue weighted by atomic mass is 10.1. The van der Waals surface area contributed by atoms with Crippen molar-refractivity contribution in [2.24, 2.45) is 7.05 Å². The molecule has 0 bridgehead atoms. The Hall–Kier alpha value is -4.26. The summed E-state index contributed by atoms with van der Waals surface area (Å²) in [5, 5.41) is 10.6. The van der Waals surface area contributed by atoms with Gasteiger partial charge in [0.25, 0.3) is 17.4 Å². The van der Waals surface area contributed by atoms with Crippen molar-refractivity contribution in [1.29, 1.82) is 0 Å². The maximum Gasteiger partial charge on any atom is 0.276 e. The number of para-hydroxylation sites is 1. The Bertz CT molecular complexity index is 1370. The van der Waals surface area contributed by atoms with Gasteiger partial charge >= 0.3 is 0 Å². The fourth-order valence-corrected chi connectivity index (χ4v) is 3.36. The molecule has 4 aromatic rings. The van der Waals surface area contributed by atoms with Crippen LogP contribution in [0.25, 0.3) is 10.8 Å². The van der Waals surface area contributed by atoms with Crippen molar-refractivity contribution in [3.05, 3.63) is 100.0 Å². The highest BCUT2D eigenvalue weighted by Gasteiger charge is 2.18. The van der Waals surface area contributed by atoms with E-state index in [1.807, 2.05) is 25.1 Å². The molecule has 0 atom stereocenters. The summed E-state index contributed by atoms with van der Waals surface area (Å²) >= 11 is 0. The van der Waals surface area contributed by atoms with Crippen LogP contribution in [-0.2, 0) is 7.05 Å². The third-order valence-corrected chi connectivity index (χ3v) is 4.87. The number of nitrogens with zero attached hydrogens (tertiary/aromatic N) is 2. The van der Waals surface area contributed by atoms with Crippen LogP contribution >= 0.6 is 0 Å². The number of rotatable bonds is 4. The molecule has 154 valence electrons. The third kappa shape index (κ3) is 4.06. The van der Waals surface area contributed by atoms with Crippen LogP contribution in [0.5, 0.6) is 0 Å². The molecule has 0 saturated heterocycles. The first kappa shape index (κ1) is 20.0. The minimum Gasteiger partial charge on any atom is -0.322 e. The summed E-state index contributed by atoms with van der Waals surface area (Å²) in [5.74, 6) is -0.859. The Morgan fingerprint density at radius 2 is 1.55 bits per heavy atom. The Labute approximate surface area is 178 Å². The Morgan fingerprint density at radius 3 is 2.32 bits per heavy atom. The molecule has 0 aliphatic rings. The first-order valence-corrected chi connectivity index (χ1v) is 9.68. The smallest absolute Gasteiger partial charge is 0.276 e. The molecule has 0 aliphatic heterocycles. The number of fused-ring (bicyclic) bond motifs is 1. The highest BCUT2D eigenvalue weighted by molar-refractivity contribution is 6.15. The zero-order valence-corrected chi connectivity index (χ0v) is 17.0. The minimum absolute atomic E-state index is 0.103. The van der Waals surface area contributed by atoms with Gasteiger partial charge in [0.15, 0.2) is 5.69 Å². The fourth-order valence-electron chi connectivity index (χ4n) is 3.36. The molecule has 7 nitrogen and oxygen atoms in total. The van der Waals surface area contributed by atoms with Gasteiger partial charge in [-0.3, -0.25) is 14.4 Å². The highest BCUT2D eigenvalue weighted by atomic mass is 16.2. The molecular formula is C24H20N4O3. The van der Waals surface area contributed by atoms with Crippen LogP contribution in [0.3, 0.4) is 0 Å². The van der Waals surface area contributed by atoms with Crippen LogP contribution in [-0.4, -0.2) is 21.6 Å². The predicted molar refractivity (Wildman–Crippen MR) is 121 cm³/mol. The topological polar surface area (TPSA) is 93.1 Å². The fraction of sp³-hybridized carbons (Fsp3) is 0.0833. The second kappa shape index (κ2) is 8.23. The van der Waals surface area contributed by atoms with Gasteiger partial charge in [-0.2, -0.15) is 5.10 Å². The van der Waals surface area contributed by atoms with E-state index in [1.165, 1.54) is 7.05 Å². The molecule has 0 radical (unpaired) electrons. The number of aryl methyl sites for hydroxylation is 2. The van der Waals surface area contributed by atoms with E-state index < -0.39 is 5.91 Å². The molecule has 1 aromatic heterocycles.